The second kappa shape index (κ2) is 4.49. The summed E-state index contributed by atoms with van der Waals surface area (Å²) < 4.78 is 10.1. The summed E-state index contributed by atoms with van der Waals surface area (Å²) in [6, 6.07) is 1.91. The molecule has 2 unspecified atom stereocenters. The second-order valence-corrected chi connectivity index (χ2v) is 3.68. The van der Waals surface area contributed by atoms with Gasteiger partial charge in [0.15, 0.2) is 0 Å². The van der Waals surface area contributed by atoms with Gasteiger partial charge in [0.05, 0.1) is 25.1 Å². The van der Waals surface area contributed by atoms with Crippen molar-refractivity contribution in [2.24, 2.45) is 5.92 Å². The van der Waals surface area contributed by atoms with Crippen LogP contribution in [0.25, 0.3) is 0 Å². The molecule has 2 atom stereocenters. The second-order valence-electron chi connectivity index (χ2n) is 3.68. The van der Waals surface area contributed by atoms with E-state index in [0.29, 0.717) is 13.2 Å². The average Bonchev–Trinajstić information content (AvgIpc) is 2.88. The van der Waals surface area contributed by atoms with Crippen molar-refractivity contribution in [2.75, 3.05) is 19.7 Å². The molecule has 0 spiro atoms. The fourth-order valence-electron chi connectivity index (χ4n) is 2.01. The smallest absolute Gasteiger partial charge is 0.310 e. The summed E-state index contributed by atoms with van der Waals surface area (Å²) in [7, 11) is 0. The van der Waals surface area contributed by atoms with Crippen molar-refractivity contribution in [2.45, 2.75) is 12.8 Å². The summed E-state index contributed by atoms with van der Waals surface area (Å²) in [6.07, 6.45) is 3.33. The summed E-state index contributed by atoms with van der Waals surface area (Å²) in [6.45, 7) is 3.76. The molecule has 2 heterocycles. The third kappa shape index (κ3) is 2.04. The van der Waals surface area contributed by atoms with Crippen LogP contribution >= 0.6 is 0 Å². The molecule has 0 aliphatic carbocycles. The molecule has 4 nitrogen and oxygen atoms in total. The molecule has 0 radical (unpaired) electrons. The van der Waals surface area contributed by atoms with Crippen molar-refractivity contribution >= 4 is 5.97 Å². The highest BCUT2D eigenvalue weighted by molar-refractivity contribution is 5.74. The minimum atomic E-state index is -0.117. The summed E-state index contributed by atoms with van der Waals surface area (Å²) >= 11 is 0. The van der Waals surface area contributed by atoms with Crippen molar-refractivity contribution < 1.29 is 13.9 Å². The topological polar surface area (TPSA) is 51.5 Å². The van der Waals surface area contributed by atoms with E-state index in [2.05, 4.69) is 5.32 Å². The fourth-order valence-corrected chi connectivity index (χ4v) is 2.01. The number of esters is 1. The third-order valence-corrected chi connectivity index (χ3v) is 2.77. The van der Waals surface area contributed by atoms with E-state index in [1.165, 1.54) is 0 Å². The zero-order valence-corrected chi connectivity index (χ0v) is 8.73. The van der Waals surface area contributed by atoms with Crippen molar-refractivity contribution in [3.63, 3.8) is 0 Å². The molecule has 1 aromatic heterocycles. The van der Waals surface area contributed by atoms with Crippen molar-refractivity contribution in [3.05, 3.63) is 24.2 Å². The molecule has 82 valence electrons. The Labute approximate surface area is 88.6 Å². The predicted molar refractivity (Wildman–Crippen MR) is 54.4 cm³/mol. The lowest BCUT2D eigenvalue weighted by Crippen LogP contribution is -2.23. The molecule has 1 aliphatic rings. The minimum Gasteiger partial charge on any atom is -0.472 e. The van der Waals surface area contributed by atoms with Crippen molar-refractivity contribution in [1.29, 1.82) is 0 Å². The van der Waals surface area contributed by atoms with E-state index in [-0.39, 0.29) is 17.8 Å². The maximum absolute atomic E-state index is 11.7. The highest BCUT2D eigenvalue weighted by atomic mass is 16.5. The molecular weight excluding hydrogens is 194 g/mol. The van der Waals surface area contributed by atoms with E-state index in [4.69, 9.17) is 9.15 Å². The Bertz CT molecular complexity index is 321. The molecule has 0 aromatic carbocycles. The third-order valence-electron chi connectivity index (χ3n) is 2.77. The molecule has 15 heavy (non-hydrogen) atoms. The van der Waals surface area contributed by atoms with Gasteiger partial charge in [-0.05, 0) is 18.6 Å². The van der Waals surface area contributed by atoms with Crippen molar-refractivity contribution in [3.8, 4) is 0 Å². The zero-order valence-electron chi connectivity index (χ0n) is 8.73. The van der Waals surface area contributed by atoms with E-state index in [1.807, 2.05) is 13.0 Å². The van der Waals surface area contributed by atoms with Crippen LogP contribution in [0.3, 0.4) is 0 Å². The molecule has 1 aliphatic heterocycles. The molecular formula is C11H15NO3. The van der Waals surface area contributed by atoms with Gasteiger partial charge in [0, 0.05) is 19.0 Å². The average molecular weight is 209 g/mol. The lowest BCUT2D eigenvalue weighted by molar-refractivity contribution is -0.147. The first-order chi connectivity index (χ1) is 7.33. The van der Waals surface area contributed by atoms with Gasteiger partial charge in [0.25, 0.3) is 0 Å². The van der Waals surface area contributed by atoms with Gasteiger partial charge >= 0.3 is 5.97 Å². The van der Waals surface area contributed by atoms with Crippen molar-refractivity contribution in [1.82, 2.24) is 5.32 Å². The van der Waals surface area contributed by atoms with Gasteiger partial charge in [-0.15, -0.1) is 0 Å². The van der Waals surface area contributed by atoms with E-state index in [0.717, 1.165) is 12.1 Å². The normalized spacial score (nSPS) is 25.4. The highest BCUT2D eigenvalue weighted by Gasteiger charge is 2.35. The van der Waals surface area contributed by atoms with Crippen LogP contribution in [0.5, 0.6) is 0 Å². The van der Waals surface area contributed by atoms with Crippen LogP contribution < -0.4 is 5.32 Å². The fraction of sp³-hybridized carbons (Fsp3) is 0.545. The van der Waals surface area contributed by atoms with Crippen LogP contribution in [0.1, 0.15) is 18.4 Å². The largest absolute Gasteiger partial charge is 0.472 e. The summed E-state index contributed by atoms with van der Waals surface area (Å²) in [5, 5.41) is 3.21. The number of furan rings is 1. The Hall–Kier alpha value is -1.29. The van der Waals surface area contributed by atoms with Gasteiger partial charge in [-0.25, -0.2) is 0 Å². The number of nitrogens with one attached hydrogen (secondary N) is 1. The first-order valence-electron chi connectivity index (χ1n) is 5.22. The zero-order chi connectivity index (χ0) is 10.7. The first kappa shape index (κ1) is 10.2. The molecule has 1 fully saturated rings. The number of carbonyl (C=O) groups is 1. The highest BCUT2D eigenvalue weighted by Crippen LogP contribution is 2.29. The van der Waals surface area contributed by atoms with Gasteiger partial charge in [0.1, 0.15) is 0 Å². The van der Waals surface area contributed by atoms with Gasteiger partial charge < -0.3 is 14.5 Å². The summed E-state index contributed by atoms with van der Waals surface area (Å²) in [5.41, 5.74) is 1.07. The molecule has 0 amide bonds. The van der Waals surface area contributed by atoms with E-state index >= 15 is 0 Å². The Kier molecular flexibility index (Phi) is 3.06. The van der Waals surface area contributed by atoms with Crippen LogP contribution in [-0.2, 0) is 9.53 Å². The van der Waals surface area contributed by atoms with Gasteiger partial charge in [0.2, 0.25) is 0 Å². The quantitative estimate of drug-likeness (QED) is 0.758. The van der Waals surface area contributed by atoms with Gasteiger partial charge in [-0.2, -0.15) is 0 Å². The predicted octanol–water partition coefficient (Wildman–Crippen LogP) is 1.15. The molecule has 0 saturated carbocycles. The molecule has 1 N–H and O–H groups in total. The molecule has 2 rings (SSSR count). The maximum Gasteiger partial charge on any atom is 0.310 e. The van der Waals surface area contributed by atoms with E-state index < -0.39 is 0 Å². The first-order valence-corrected chi connectivity index (χ1v) is 5.22. The number of hydrogen-bond acceptors (Lipinski definition) is 4. The summed E-state index contributed by atoms with van der Waals surface area (Å²) in [4.78, 5) is 11.7. The summed E-state index contributed by atoms with van der Waals surface area (Å²) in [5.74, 6) is -0.0148. The van der Waals surface area contributed by atoms with Crippen LogP contribution in [0, 0.1) is 5.92 Å². The Morgan fingerprint density at radius 2 is 2.53 bits per heavy atom. The molecule has 1 aromatic rings. The number of hydrogen-bond donors (Lipinski definition) is 1. The Balaban J connectivity index is 2.08. The van der Waals surface area contributed by atoms with Crippen LogP contribution in [0.2, 0.25) is 0 Å². The molecule has 1 saturated heterocycles. The van der Waals surface area contributed by atoms with Crippen LogP contribution in [0.4, 0.5) is 0 Å². The lowest BCUT2D eigenvalue weighted by Gasteiger charge is -2.15. The molecule has 4 heteroatoms. The van der Waals surface area contributed by atoms with Crippen LogP contribution in [-0.4, -0.2) is 25.7 Å². The van der Waals surface area contributed by atoms with Gasteiger partial charge in [-0.1, -0.05) is 0 Å². The Morgan fingerprint density at radius 1 is 1.67 bits per heavy atom. The van der Waals surface area contributed by atoms with Gasteiger partial charge in [-0.3, -0.25) is 4.79 Å². The Morgan fingerprint density at radius 3 is 3.20 bits per heavy atom. The monoisotopic (exact) mass is 209 g/mol. The van der Waals surface area contributed by atoms with Crippen LogP contribution in [0.15, 0.2) is 23.0 Å². The van der Waals surface area contributed by atoms with E-state index in [1.54, 1.807) is 12.5 Å². The number of ether oxygens (including phenoxy) is 1. The molecule has 0 bridgehead atoms. The SMILES string of the molecule is CCOC(=O)C1CNCC1c1ccoc1. The lowest BCUT2D eigenvalue weighted by atomic mass is 9.91. The number of carbonyl (C=O) groups excluding carboxylic acids is 1. The minimum absolute atomic E-state index is 0.0810. The van der Waals surface area contributed by atoms with E-state index in [9.17, 15) is 4.79 Å². The number of rotatable bonds is 3. The maximum atomic E-state index is 11.7. The standard InChI is InChI=1S/C11H15NO3/c1-2-15-11(13)10-6-12-5-9(10)8-3-4-14-7-8/h3-4,7,9-10,12H,2,5-6H2,1H3.